The van der Waals surface area contributed by atoms with E-state index in [1.165, 1.54) is 29.5 Å². The van der Waals surface area contributed by atoms with Crippen molar-refractivity contribution in [2.24, 2.45) is 0 Å². The van der Waals surface area contributed by atoms with Crippen LogP contribution in [0.2, 0.25) is 0 Å². The summed E-state index contributed by atoms with van der Waals surface area (Å²) in [7, 11) is 0. The van der Waals surface area contributed by atoms with Crippen LogP contribution in [0.4, 0.5) is 0 Å². The van der Waals surface area contributed by atoms with Crippen molar-refractivity contribution in [2.45, 2.75) is 12.5 Å². The molecule has 0 spiro atoms. The summed E-state index contributed by atoms with van der Waals surface area (Å²) in [5.74, 6) is 0.682. The maximum absolute atomic E-state index is 12.4. The lowest BCUT2D eigenvalue weighted by atomic mass is 9.95. The van der Waals surface area contributed by atoms with Gasteiger partial charge >= 0.3 is 0 Å². The summed E-state index contributed by atoms with van der Waals surface area (Å²) < 4.78 is 6.99. The lowest BCUT2D eigenvalue weighted by Gasteiger charge is -2.37. The number of nitrogens with one attached hydrogen (secondary N) is 1. The first-order chi connectivity index (χ1) is 13.7. The highest BCUT2D eigenvalue weighted by Crippen LogP contribution is 2.29. The van der Waals surface area contributed by atoms with Gasteiger partial charge in [-0.3, -0.25) is 14.6 Å². The number of carbonyl (C=O) groups is 2. The summed E-state index contributed by atoms with van der Waals surface area (Å²) >= 11 is 0. The third-order valence-corrected chi connectivity index (χ3v) is 4.42. The summed E-state index contributed by atoms with van der Waals surface area (Å²) in [6.45, 7) is 4.74. The van der Waals surface area contributed by atoms with E-state index >= 15 is 0 Å². The van der Waals surface area contributed by atoms with Crippen LogP contribution in [0.25, 0.3) is 5.82 Å². The number of nitrogens with zero attached hydrogens (tertiary/aromatic N) is 6. The summed E-state index contributed by atoms with van der Waals surface area (Å²) in [6.07, 6.45) is 8.86. The van der Waals surface area contributed by atoms with Gasteiger partial charge in [0.05, 0.1) is 24.9 Å². The Kier molecular flexibility index (Phi) is 4.67. The lowest BCUT2D eigenvalue weighted by Crippen LogP contribution is -2.48. The van der Waals surface area contributed by atoms with E-state index in [1.807, 2.05) is 0 Å². The number of aromatic nitrogens is 5. The van der Waals surface area contributed by atoms with Crippen LogP contribution in [0.5, 0.6) is 0 Å². The van der Waals surface area contributed by atoms with E-state index < -0.39 is 0 Å². The summed E-state index contributed by atoms with van der Waals surface area (Å²) in [5.41, 5.74) is 0.796. The van der Waals surface area contributed by atoms with Crippen LogP contribution in [-0.2, 0) is 11.3 Å². The summed E-state index contributed by atoms with van der Waals surface area (Å²) in [5, 5.41) is 6.84. The Morgan fingerprint density at radius 3 is 2.96 bits per heavy atom. The molecular weight excluding hydrogens is 362 g/mol. The largest absolute Gasteiger partial charge is 0.448 e. The minimum atomic E-state index is -0.382. The molecule has 2 amide bonds. The van der Waals surface area contributed by atoms with Crippen molar-refractivity contribution in [1.82, 2.24) is 34.9 Å². The second-order valence-corrected chi connectivity index (χ2v) is 6.20. The molecule has 1 saturated heterocycles. The maximum Gasteiger partial charge on any atom is 0.271 e. The Hall–Kier alpha value is -3.82. The highest BCUT2D eigenvalue weighted by Gasteiger charge is 2.34. The first kappa shape index (κ1) is 17.6. The molecule has 0 unspecified atom stereocenters. The molecule has 3 aromatic heterocycles. The van der Waals surface area contributed by atoms with Gasteiger partial charge in [-0.15, -0.1) is 0 Å². The van der Waals surface area contributed by atoms with Crippen molar-refractivity contribution in [3.63, 3.8) is 0 Å². The molecule has 1 N–H and O–H groups in total. The molecule has 28 heavy (non-hydrogen) atoms. The van der Waals surface area contributed by atoms with Crippen molar-refractivity contribution in [1.29, 1.82) is 0 Å². The van der Waals surface area contributed by atoms with Crippen molar-refractivity contribution in [3.8, 4) is 5.82 Å². The van der Waals surface area contributed by atoms with E-state index in [0.717, 1.165) is 0 Å². The molecule has 1 fully saturated rings. The van der Waals surface area contributed by atoms with E-state index in [2.05, 4.69) is 31.9 Å². The molecule has 10 heteroatoms. The Morgan fingerprint density at radius 2 is 2.21 bits per heavy atom. The Balaban J connectivity index is 1.39. The van der Waals surface area contributed by atoms with Gasteiger partial charge in [0, 0.05) is 25.5 Å². The standard InChI is InChI=1S/C18H17N7O3/c1-2-16(26)24-9-12(10-24)17-13(21-11-28-17)7-20-18(27)14-6-19-8-15(23-14)25-5-3-4-22-25/h2-6,8,11-12H,1,7,9-10H2,(H,20,27). The van der Waals surface area contributed by atoms with Gasteiger partial charge in [-0.2, -0.15) is 5.10 Å². The van der Waals surface area contributed by atoms with E-state index in [9.17, 15) is 9.59 Å². The maximum atomic E-state index is 12.4. The van der Waals surface area contributed by atoms with E-state index in [1.54, 1.807) is 23.4 Å². The molecule has 1 aliphatic rings. The zero-order valence-electron chi connectivity index (χ0n) is 14.9. The molecule has 4 heterocycles. The molecule has 4 rings (SSSR count). The topological polar surface area (TPSA) is 119 Å². The monoisotopic (exact) mass is 379 g/mol. The van der Waals surface area contributed by atoms with Gasteiger partial charge in [0.2, 0.25) is 5.91 Å². The quantitative estimate of drug-likeness (QED) is 0.626. The van der Waals surface area contributed by atoms with Crippen LogP contribution in [0, 0.1) is 0 Å². The first-order valence-electron chi connectivity index (χ1n) is 8.59. The SMILES string of the molecule is C=CC(=O)N1CC(c2ocnc2CNC(=O)c2cncc(-n3cccn3)n2)C1. The number of oxazole rings is 1. The molecule has 10 nitrogen and oxygen atoms in total. The number of hydrogen-bond acceptors (Lipinski definition) is 7. The molecule has 0 bridgehead atoms. The van der Waals surface area contributed by atoms with E-state index in [0.29, 0.717) is 30.4 Å². The zero-order chi connectivity index (χ0) is 19.5. The van der Waals surface area contributed by atoms with Gasteiger partial charge < -0.3 is 14.6 Å². The van der Waals surface area contributed by atoms with Crippen molar-refractivity contribution < 1.29 is 14.0 Å². The van der Waals surface area contributed by atoms with Gasteiger partial charge in [-0.25, -0.2) is 14.6 Å². The number of hydrogen-bond donors (Lipinski definition) is 1. The van der Waals surface area contributed by atoms with Gasteiger partial charge in [-0.05, 0) is 12.1 Å². The molecule has 0 aliphatic carbocycles. The third-order valence-electron chi connectivity index (χ3n) is 4.42. The highest BCUT2D eigenvalue weighted by molar-refractivity contribution is 5.92. The molecular formula is C18H17N7O3. The fourth-order valence-corrected chi connectivity index (χ4v) is 2.93. The second-order valence-electron chi connectivity index (χ2n) is 6.20. The lowest BCUT2D eigenvalue weighted by molar-refractivity contribution is -0.130. The Labute approximate surface area is 159 Å². The number of carbonyl (C=O) groups excluding carboxylic acids is 2. The molecule has 0 saturated carbocycles. The molecule has 0 aromatic carbocycles. The van der Waals surface area contributed by atoms with Gasteiger partial charge in [0.15, 0.2) is 12.2 Å². The minimum absolute atomic E-state index is 0.0567. The predicted molar refractivity (Wildman–Crippen MR) is 96.3 cm³/mol. The van der Waals surface area contributed by atoms with Crippen LogP contribution in [0.3, 0.4) is 0 Å². The fourth-order valence-electron chi connectivity index (χ4n) is 2.93. The second kappa shape index (κ2) is 7.43. The van der Waals surface area contributed by atoms with Gasteiger partial charge in [-0.1, -0.05) is 6.58 Å². The van der Waals surface area contributed by atoms with Gasteiger partial charge in [0.25, 0.3) is 5.91 Å². The average Bonchev–Trinajstić information content (AvgIpc) is 3.37. The van der Waals surface area contributed by atoms with Crippen molar-refractivity contribution in [3.05, 3.63) is 67.1 Å². The Bertz CT molecular complexity index is 1010. The predicted octanol–water partition coefficient (Wildman–Crippen LogP) is 0.692. The van der Waals surface area contributed by atoms with Crippen LogP contribution in [-0.4, -0.2) is 54.5 Å². The first-order valence-corrected chi connectivity index (χ1v) is 8.59. The third kappa shape index (κ3) is 3.39. The molecule has 3 aromatic rings. The van der Waals surface area contributed by atoms with Crippen molar-refractivity contribution >= 4 is 11.8 Å². The molecule has 0 atom stereocenters. The zero-order valence-corrected chi connectivity index (χ0v) is 14.9. The van der Waals surface area contributed by atoms with E-state index in [4.69, 9.17) is 4.42 Å². The molecule has 0 radical (unpaired) electrons. The normalized spacial score (nSPS) is 13.8. The average molecular weight is 379 g/mol. The number of likely N-dealkylation sites (tertiary alicyclic amines) is 1. The van der Waals surface area contributed by atoms with E-state index in [-0.39, 0.29) is 30.0 Å². The number of amides is 2. The van der Waals surface area contributed by atoms with Crippen molar-refractivity contribution in [2.75, 3.05) is 13.1 Å². The summed E-state index contributed by atoms with van der Waals surface area (Å²) in [4.78, 5) is 38.2. The van der Waals surface area contributed by atoms with Gasteiger partial charge in [0.1, 0.15) is 17.1 Å². The minimum Gasteiger partial charge on any atom is -0.448 e. The number of rotatable bonds is 6. The highest BCUT2D eigenvalue weighted by atomic mass is 16.3. The van der Waals surface area contributed by atoms with Crippen LogP contribution < -0.4 is 5.32 Å². The fraction of sp³-hybridized carbons (Fsp3) is 0.222. The smallest absolute Gasteiger partial charge is 0.271 e. The van der Waals surface area contributed by atoms with Crippen LogP contribution in [0.15, 0.2) is 54.3 Å². The molecule has 142 valence electrons. The molecule has 1 aliphatic heterocycles. The van der Waals surface area contributed by atoms with Crippen LogP contribution >= 0.6 is 0 Å². The Morgan fingerprint density at radius 1 is 1.36 bits per heavy atom. The summed E-state index contributed by atoms with van der Waals surface area (Å²) in [6, 6.07) is 1.75. The van der Waals surface area contributed by atoms with Crippen LogP contribution in [0.1, 0.15) is 27.9 Å².